The van der Waals surface area contributed by atoms with E-state index in [1.807, 2.05) is 0 Å². The second-order valence-electron chi connectivity index (χ2n) is 2.91. The van der Waals surface area contributed by atoms with E-state index in [0.717, 1.165) is 15.5 Å². The number of hydrogen-bond donors (Lipinski definition) is 1. The quantitative estimate of drug-likeness (QED) is 0.733. The van der Waals surface area contributed by atoms with Crippen molar-refractivity contribution < 1.29 is 0 Å². The zero-order valence-electron chi connectivity index (χ0n) is 6.98. The summed E-state index contributed by atoms with van der Waals surface area (Å²) in [5.41, 5.74) is 4.65. The molecule has 0 fully saturated rings. The molecule has 0 saturated carbocycles. The molecule has 1 N–H and O–H groups in total. The number of benzene rings is 1. The highest BCUT2D eigenvalue weighted by Crippen LogP contribution is 2.25. The van der Waals surface area contributed by atoms with Gasteiger partial charge >= 0.3 is 0 Å². The molecule has 12 heavy (non-hydrogen) atoms. The van der Waals surface area contributed by atoms with Gasteiger partial charge in [0.25, 0.3) is 0 Å². The van der Waals surface area contributed by atoms with Gasteiger partial charge in [-0.25, -0.2) is 4.98 Å². The smallest absolute Gasteiger partial charge is 0.0932 e. The minimum atomic E-state index is 1.07. The van der Waals surface area contributed by atoms with Crippen molar-refractivity contribution in [1.82, 2.24) is 9.97 Å². The number of halogens is 1. The van der Waals surface area contributed by atoms with Crippen molar-refractivity contribution in [2.45, 2.75) is 13.8 Å². The van der Waals surface area contributed by atoms with Crippen LogP contribution in [-0.2, 0) is 0 Å². The minimum absolute atomic E-state index is 1.07. The Morgan fingerprint density at radius 2 is 2.08 bits per heavy atom. The molecule has 2 nitrogen and oxygen atoms in total. The summed E-state index contributed by atoms with van der Waals surface area (Å²) in [6.07, 6.45) is 1.73. The van der Waals surface area contributed by atoms with Crippen LogP contribution in [-0.4, -0.2) is 9.97 Å². The fraction of sp³-hybridized carbons (Fsp3) is 0.222. The normalized spacial score (nSPS) is 10.9. The number of nitrogens with zero attached hydrogens (tertiary/aromatic N) is 1. The summed E-state index contributed by atoms with van der Waals surface area (Å²) in [6.45, 7) is 4.18. The Labute approximate surface area is 79.1 Å². The number of imidazole rings is 1. The van der Waals surface area contributed by atoms with Gasteiger partial charge in [0.2, 0.25) is 0 Å². The third kappa shape index (κ3) is 0.966. The van der Waals surface area contributed by atoms with E-state index < -0.39 is 0 Å². The summed E-state index contributed by atoms with van der Waals surface area (Å²) in [7, 11) is 0. The van der Waals surface area contributed by atoms with Gasteiger partial charge in [-0.1, -0.05) is 15.9 Å². The van der Waals surface area contributed by atoms with Crippen LogP contribution in [0.25, 0.3) is 11.0 Å². The van der Waals surface area contributed by atoms with Gasteiger partial charge in [0.15, 0.2) is 0 Å². The first-order valence-electron chi connectivity index (χ1n) is 3.79. The van der Waals surface area contributed by atoms with Crippen molar-refractivity contribution in [3.05, 3.63) is 28.0 Å². The molecule has 62 valence electrons. The lowest BCUT2D eigenvalue weighted by Crippen LogP contribution is -1.84. The Balaban J connectivity index is 2.94. The van der Waals surface area contributed by atoms with E-state index in [0.29, 0.717) is 0 Å². The molecule has 0 unspecified atom stereocenters. The molecule has 1 aromatic heterocycles. The fourth-order valence-electron chi connectivity index (χ4n) is 1.30. The second kappa shape index (κ2) is 2.59. The van der Waals surface area contributed by atoms with Gasteiger partial charge in [-0.15, -0.1) is 0 Å². The minimum Gasteiger partial charge on any atom is -0.345 e. The average molecular weight is 225 g/mol. The molecule has 3 heteroatoms. The predicted molar refractivity (Wildman–Crippen MR) is 53.3 cm³/mol. The first kappa shape index (κ1) is 7.80. The largest absolute Gasteiger partial charge is 0.345 e. The summed E-state index contributed by atoms with van der Waals surface area (Å²) < 4.78 is 1.14. The van der Waals surface area contributed by atoms with Gasteiger partial charge in [0.1, 0.15) is 0 Å². The highest BCUT2D eigenvalue weighted by atomic mass is 79.9. The second-order valence-corrected chi connectivity index (χ2v) is 3.76. The Kier molecular flexibility index (Phi) is 1.68. The zero-order valence-corrected chi connectivity index (χ0v) is 8.57. The van der Waals surface area contributed by atoms with E-state index in [2.05, 4.69) is 45.8 Å². The number of aryl methyl sites for hydroxylation is 1. The maximum atomic E-state index is 4.24. The fourth-order valence-corrected chi connectivity index (χ4v) is 1.83. The van der Waals surface area contributed by atoms with E-state index in [9.17, 15) is 0 Å². The SMILES string of the molecule is Cc1c(Br)cc2[nH]cnc2c1C. The van der Waals surface area contributed by atoms with Gasteiger partial charge in [-0.3, -0.25) is 0 Å². The number of rotatable bonds is 0. The highest BCUT2D eigenvalue weighted by Gasteiger charge is 2.05. The summed E-state index contributed by atoms with van der Waals surface area (Å²) in [6, 6.07) is 2.06. The summed E-state index contributed by atoms with van der Waals surface area (Å²) in [5.74, 6) is 0. The van der Waals surface area contributed by atoms with E-state index in [1.54, 1.807) is 6.33 Å². The van der Waals surface area contributed by atoms with Crippen molar-refractivity contribution in [2.75, 3.05) is 0 Å². The molecular formula is C9H9BrN2. The van der Waals surface area contributed by atoms with Gasteiger partial charge in [-0.05, 0) is 31.0 Å². The summed E-state index contributed by atoms with van der Waals surface area (Å²) >= 11 is 3.50. The lowest BCUT2D eigenvalue weighted by molar-refractivity contribution is 1.31. The van der Waals surface area contributed by atoms with E-state index in [-0.39, 0.29) is 0 Å². The first-order chi connectivity index (χ1) is 5.70. The van der Waals surface area contributed by atoms with Crippen LogP contribution in [0.4, 0.5) is 0 Å². The Morgan fingerprint density at radius 3 is 2.83 bits per heavy atom. The predicted octanol–water partition coefficient (Wildman–Crippen LogP) is 2.94. The maximum Gasteiger partial charge on any atom is 0.0932 e. The molecule has 0 bridgehead atoms. The standard InChI is InChI=1S/C9H9BrN2/c1-5-6(2)9-8(3-7(5)10)11-4-12-9/h3-4H,1-2H3,(H,11,12). The number of H-pyrrole nitrogens is 1. The van der Waals surface area contributed by atoms with Crippen LogP contribution in [0.2, 0.25) is 0 Å². The molecule has 0 atom stereocenters. The summed E-state index contributed by atoms with van der Waals surface area (Å²) in [4.78, 5) is 7.33. The Bertz CT molecular complexity index is 431. The lowest BCUT2D eigenvalue weighted by Gasteiger charge is -2.02. The number of fused-ring (bicyclic) bond motifs is 1. The van der Waals surface area contributed by atoms with Crippen LogP contribution in [0.5, 0.6) is 0 Å². The molecule has 0 aliphatic carbocycles. The van der Waals surface area contributed by atoms with Crippen molar-refractivity contribution in [3.8, 4) is 0 Å². The third-order valence-electron chi connectivity index (χ3n) is 2.22. The number of aromatic nitrogens is 2. The van der Waals surface area contributed by atoms with E-state index in [1.165, 1.54) is 11.1 Å². The van der Waals surface area contributed by atoms with Crippen LogP contribution in [0.1, 0.15) is 11.1 Å². The van der Waals surface area contributed by atoms with Gasteiger partial charge in [-0.2, -0.15) is 0 Å². The molecule has 2 aromatic rings. The van der Waals surface area contributed by atoms with Crippen LogP contribution in [0, 0.1) is 13.8 Å². The van der Waals surface area contributed by atoms with Gasteiger partial charge in [0, 0.05) is 4.47 Å². The van der Waals surface area contributed by atoms with Crippen LogP contribution >= 0.6 is 15.9 Å². The number of hydrogen-bond acceptors (Lipinski definition) is 1. The van der Waals surface area contributed by atoms with Crippen LogP contribution in [0.3, 0.4) is 0 Å². The third-order valence-corrected chi connectivity index (χ3v) is 3.04. The van der Waals surface area contributed by atoms with Crippen LogP contribution in [0.15, 0.2) is 16.9 Å². The number of aromatic amines is 1. The molecule has 0 spiro atoms. The summed E-state index contributed by atoms with van der Waals surface area (Å²) in [5, 5.41) is 0. The van der Waals surface area contributed by atoms with Gasteiger partial charge < -0.3 is 4.98 Å². The van der Waals surface area contributed by atoms with Gasteiger partial charge in [0.05, 0.1) is 17.4 Å². The molecular weight excluding hydrogens is 216 g/mol. The van der Waals surface area contributed by atoms with Crippen molar-refractivity contribution >= 4 is 27.0 Å². The highest BCUT2D eigenvalue weighted by molar-refractivity contribution is 9.10. The topological polar surface area (TPSA) is 28.7 Å². The maximum absolute atomic E-state index is 4.24. The Hall–Kier alpha value is -0.830. The monoisotopic (exact) mass is 224 g/mol. The molecule has 2 rings (SSSR count). The van der Waals surface area contributed by atoms with E-state index >= 15 is 0 Å². The van der Waals surface area contributed by atoms with Crippen molar-refractivity contribution in [1.29, 1.82) is 0 Å². The molecule has 0 radical (unpaired) electrons. The zero-order chi connectivity index (χ0) is 8.72. The first-order valence-corrected chi connectivity index (χ1v) is 4.58. The van der Waals surface area contributed by atoms with Crippen molar-refractivity contribution in [2.24, 2.45) is 0 Å². The lowest BCUT2D eigenvalue weighted by atomic mass is 10.1. The average Bonchev–Trinajstić information content (AvgIpc) is 2.48. The molecule has 1 heterocycles. The van der Waals surface area contributed by atoms with Crippen LogP contribution < -0.4 is 0 Å². The molecule has 0 saturated heterocycles. The molecule has 0 aliphatic rings. The molecule has 0 amide bonds. The number of nitrogens with one attached hydrogen (secondary N) is 1. The molecule has 1 aromatic carbocycles. The Morgan fingerprint density at radius 1 is 1.33 bits per heavy atom. The molecule has 0 aliphatic heterocycles. The van der Waals surface area contributed by atoms with E-state index in [4.69, 9.17) is 0 Å². The van der Waals surface area contributed by atoms with Crippen molar-refractivity contribution in [3.63, 3.8) is 0 Å².